The second kappa shape index (κ2) is 7.05. The fraction of sp³-hybridized carbons (Fsp3) is 0.333. The van der Waals surface area contributed by atoms with Crippen LogP contribution in [0.5, 0.6) is 5.75 Å². The van der Waals surface area contributed by atoms with Gasteiger partial charge in [0.2, 0.25) is 6.43 Å². The summed E-state index contributed by atoms with van der Waals surface area (Å²) in [6.07, 6.45) is -9.06. The predicted octanol–water partition coefficient (Wildman–Crippen LogP) is 2.42. The lowest BCUT2D eigenvalue weighted by molar-refractivity contribution is -0.274. The van der Waals surface area contributed by atoms with E-state index in [9.17, 15) is 31.5 Å². The Labute approximate surface area is 120 Å². The van der Waals surface area contributed by atoms with E-state index < -0.39 is 42.9 Å². The Morgan fingerprint density at radius 1 is 1.27 bits per heavy atom. The van der Waals surface area contributed by atoms with Crippen molar-refractivity contribution in [3.63, 3.8) is 0 Å². The van der Waals surface area contributed by atoms with Crippen LogP contribution in [-0.4, -0.2) is 35.8 Å². The van der Waals surface area contributed by atoms with Gasteiger partial charge in [-0.25, -0.2) is 13.6 Å². The molecule has 0 aliphatic heterocycles. The number of carboxylic acids is 1. The molecule has 122 valence electrons. The molecule has 1 rings (SSSR count). The Bertz CT molecular complexity index is 547. The topological polar surface area (TPSA) is 75.6 Å². The van der Waals surface area contributed by atoms with E-state index in [0.29, 0.717) is 6.07 Å². The van der Waals surface area contributed by atoms with Crippen molar-refractivity contribution in [3.05, 3.63) is 29.8 Å². The Kier molecular flexibility index (Phi) is 5.66. The SMILES string of the molecule is O=C(NC(CC(F)F)C(=O)O)c1cccc(OC(F)(F)F)c1. The highest BCUT2D eigenvalue weighted by molar-refractivity contribution is 5.96. The highest BCUT2D eigenvalue weighted by Gasteiger charge is 2.31. The van der Waals surface area contributed by atoms with Gasteiger partial charge in [-0.15, -0.1) is 13.2 Å². The van der Waals surface area contributed by atoms with E-state index in [2.05, 4.69) is 4.74 Å². The van der Waals surface area contributed by atoms with E-state index in [-0.39, 0.29) is 5.56 Å². The second-order valence-electron chi connectivity index (χ2n) is 4.07. The number of carbonyl (C=O) groups is 2. The van der Waals surface area contributed by atoms with Crippen molar-refractivity contribution in [3.8, 4) is 5.75 Å². The zero-order valence-electron chi connectivity index (χ0n) is 10.7. The maximum atomic E-state index is 12.2. The van der Waals surface area contributed by atoms with Gasteiger partial charge in [0, 0.05) is 12.0 Å². The van der Waals surface area contributed by atoms with Crippen molar-refractivity contribution in [1.29, 1.82) is 0 Å². The van der Waals surface area contributed by atoms with Gasteiger partial charge in [-0.1, -0.05) is 6.07 Å². The van der Waals surface area contributed by atoms with Gasteiger partial charge < -0.3 is 15.2 Å². The summed E-state index contributed by atoms with van der Waals surface area (Å²) < 4.78 is 64.1. The van der Waals surface area contributed by atoms with E-state index in [1.807, 2.05) is 0 Å². The van der Waals surface area contributed by atoms with Crippen molar-refractivity contribution in [2.75, 3.05) is 0 Å². The van der Waals surface area contributed by atoms with Crippen LogP contribution in [-0.2, 0) is 4.79 Å². The molecular weight excluding hydrogens is 317 g/mol. The third-order valence-electron chi connectivity index (χ3n) is 2.35. The zero-order valence-corrected chi connectivity index (χ0v) is 10.7. The highest BCUT2D eigenvalue weighted by Crippen LogP contribution is 2.23. The van der Waals surface area contributed by atoms with E-state index in [1.54, 1.807) is 5.32 Å². The van der Waals surface area contributed by atoms with E-state index >= 15 is 0 Å². The first-order valence-corrected chi connectivity index (χ1v) is 5.76. The number of ether oxygens (including phenoxy) is 1. The normalized spacial score (nSPS) is 12.8. The van der Waals surface area contributed by atoms with Crippen LogP contribution < -0.4 is 10.1 Å². The van der Waals surface area contributed by atoms with Crippen LogP contribution in [0.15, 0.2) is 24.3 Å². The van der Waals surface area contributed by atoms with Crippen molar-refractivity contribution in [2.45, 2.75) is 25.3 Å². The van der Waals surface area contributed by atoms with Crippen molar-refractivity contribution in [2.24, 2.45) is 0 Å². The minimum atomic E-state index is -4.96. The van der Waals surface area contributed by atoms with E-state index in [0.717, 1.165) is 18.2 Å². The van der Waals surface area contributed by atoms with Gasteiger partial charge in [0.05, 0.1) is 0 Å². The number of aliphatic carboxylic acids is 1. The number of hydrogen-bond acceptors (Lipinski definition) is 3. The van der Waals surface area contributed by atoms with Gasteiger partial charge in [0.15, 0.2) is 0 Å². The lowest BCUT2D eigenvalue weighted by Crippen LogP contribution is -2.42. The average Bonchev–Trinajstić information content (AvgIpc) is 2.35. The molecule has 10 heteroatoms. The number of carboxylic acid groups (broad SMARTS) is 1. The largest absolute Gasteiger partial charge is 0.573 e. The van der Waals surface area contributed by atoms with Crippen LogP contribution in [0, 0.1) is 0 Å². The third-order valence-corrected chi connectivity index (χ3v) is 2.35. The molecule has 1 unspecified atom stereocenters. The minimum Gasteiger partial charge on any atom is -0.480 e. The Morgan fingerprint density at radius 2 is 1.91 bits per heavy atom. The predicted molar refractivity (Wildman–Crippen MR) is 62.6 cm³/mol. The summed E-state index contributed by atoms with van der Waals surface area (Å²) in [5.74, 6) is -3.49. The molecule has 0 spiro atoms. The zero-order chi connectivity index (χ0) is 16.9. The summed E-state index contributed by atoms with van der Waals surface area (Å²) in [5, 5.41) is 10.5. The molecule has 0 saturated carbocycles. The first-order chi connectivity index (χ1) is 10.1. The number of hydrogen-bond donors (Lipinski definition) is 2. The Morgan fingerprint density at radius 3 is 2.41 bits per heavy atom. The molecular formula is C12H10F5NO4. The van der Waals surface area contributed by atoms with Crippen LogP contribution in [0.4, 0.5) is 22.0 Å². The number of carbonyl (C=O) groups excluding carboxylic acids is 1. The van der Waals surface area contributed by atoms with E-state index in [4.69, 9.17) is 5.11 Å². The number of benzene rings is 1. The quantitative estimate of drug-likeness (QED) is 0.787. The van der Waals surface area contributed by atoms with Crippen molar-refractivity contribution < 1.29 is 41.4 Å². The third kappa shape index (κ3) is 5.94. The molecule has 0 bridgehead atoms. The summed E-state index contributed by atoms with van der Waals surface area (Å²) >= 11 is 0. The summed E-state index contributed by atoms with van der Waals surface area (Å²) in [5.41, 5.74) is -0.359. The molecule has 0 saturated heterocycles. The highest BCUT2D eigenvalue weighted by atomic mass is 19.4. The van der Waals surface area contributed by atoms with Gasteiger partial charge in [-0.05, 0) is 18.2 Å². The van der Waals surface area contributed by atoms with Gasteiger partial charge in [-0.2, -0.15) is 0 Å². The van der Waals surface area contributed by atoms with Gasteiger partial charge in [0.1, 0.15) is 11.8 Å². The minimum absolute atomic E-state index is 0.359. The molecule has 0 aliphatic carbocycles. The van der Waals surface area contributed by atoms with Crippen molar-refractivity contribution in [1.82, 2.24) is 5.32 Å². The van der Waals surface area contributed by atoms with Crippen LogP contribution in [0.1, 0.15) is 16.8 Å². The lowest BCUT2D eigenvalue weighted by Gasteiger charge is -2.14. The first-order valence-electron chi connectivity index (χ1n) is 5.76. The first kappa shape index (κ1) is 17.7. The number of nitrogens with one attached hydrogen (secondary N) is 1. The average molecular weight is 327 g/mol. The Balaban J connectivity index is 2.84. The molecule has 1 aromatic carbocycles. The fourth-order valence-corrected chi connectivity index (χ4v) is 1.48. The Hall–Kier alpha value is -2.39. The molecule has 0 fully saturated rings. The fourth-order valence-electron chi connectivity index (χ4n) is 1.48. The monoisotopic (exact) mass is 327 g/mol. The maximum absolute atomic E-state index is 12.2. The number of halogens is 5. The molecule has 0 heterocycles. The van der Waals surface area contributed by atoms with Crippen LogP contribution >= 0.6 is 0 Å². The van der Waals surface area contributed by atoms with Crippen LogP contribution in [0.3, 0.4) is 0 Å². The van der Waals surface area contributed by atoms with Crippen LogP contribution in [0.25, 0.3) is 0 Å². The molecule has 1 atom stereocenters. The molecule has 5 nitrogen and oxygen atoms in total. The molecule has 0 aliphatic rings. The number of alkyl halides is 5. The number of amides is 1. The molecule has 0 aromatic heterocycles. The summed E-state index contributed by atoms with van der Waals surface area (Å²) in [7, 11) is 0. The maximum Gasteiger partial charge on any atom is 0.573 e. The summed E-state index contributed by atoms with van der Waals surface area (Å²) in [6.45, 7) is 0. The van der Waals surface area contributed by atoms with Crippen molar-refractivity contribution >= 4 is 11.9 Å². The van der Waals surface area contributed by atoms with Gasteiger partial charge >= 0.3 is 12.3 Å². The standard InChI is InChI=1S/C12H10F5NO4/c13-9(14)5-8(11(20)21)18-10(19)6-2-1-3-7(4-6)22-12(15,16)17/h1-4,8-9H,5H2,(H,18,19)(H,20,21). The molecule has 0 radical (unpaired) electrons. The smallest absolute Gasteiger partial charge is 0.480 e. The lowest BCUT2D eigenvalue weighted by atomic mass is 10.1. The summed E-state index contributed by atoms with van der Waals surface area (Å²) in [4.78, 5) is 22.4. The molecule has 2 N–H and O–H groups in total. The van der Waals surface area contributed by atoms with Gasteiger partial charge in [0.25, 0.3) is 5.91 Å². The molecule has 1 aromatic rings. The van der Waals surface area contributed by atoms with Crippen LogP contribution in [0.2, 0.25) is 0 Å². The van der Waals surface area contributed by atoms with E-state index in [1.165, 1.54) is 0 Å². The van der Waals surface area contributed by atoms with Gasteiger partial charge in [-0.3, -0.25) is 4.79 Å². The summed E-state index contributed by atoms with van der Waals surface area (Å²) in [6, 6.07) is 1.93. The molecule has 22 heavy (non-hydrogen) atoms. The molecule has 1 amide bonds. The number of rotatable bonds is 6. The second-order valence-corrected chi connectivity index (χ2v) is 4.07.